The van der Waals surface area contributed by atoms with Crippen molar-refractivity contribution in [3.63, 3.8) is 0 Å². The number of hydrogen-bond acceptors (Lipinski definition) is 3. The Balaban J connectivity index is 2.16. The summed E-state index contributed by atoms with van der Waals surface area (Å²) in [4.78, 5) is 0.0491. The van der Waals surface area contributed by atoms with Crippen molar-refractivity contribution >= 4 is 30.4 Å². The van der Waals surface area contributed by atoms with Crippen molar-refractivity contribution in [2.75, 3.05) is 0 Å². The van der Waals surface area contributed by atoms with Gasteiger partial charge in [0.25, 0.3) is 0 Å². The molecule has 3 nitrogen and oxygen atoms in total. The molecule has 0 aliphatic heterocycles. The summed E-state index contributed by atoms with van der Waals surface area (Å²) in [7, 11) is -4.23. The minimum absolute atomic E-state index is 0.0491. The first-order valence-corrected chi connectivity index (χ1v) is 12.9. The quantitative estimate of drug-likeness (QED) is 0.406. The second-order valence-corrected chi connectivity index (χ2v) is 12.6. The SMILES string of the molecule is Cc1cc(C)c(S(=O)(=O)OI(c2ccccc2F)c2ccccc2F)c(C)c1. The third-order valence-corrected chi connectivity index (χ3v) is 11.8. The molecule has 0 atom stereocenters. The van der Waals surface area contributed by atoms with Gasteiger partial charge in [-0.1, -0.05) is 0 Å². The first-order valence-electron chi connectivity index (χ1n) is 8.42. The Hall–Kier alpha value is -1.84. The topological polar surface area (TPSA) is 43.4 Å². The molecular formula is C21H19F2IO3S. The van der Waals surface area contributed by atoms with Crippen LogP contribution in [0.5, 0.6) is 0 Å². The molecule has 0 radical (unpaired) electrons. The van der Waals surface area contributed by atoms with Gasteiger partial charge in [0.15, 0.2) is 0 Å². The number of hydrogen-bond donors (Lipinski definition) is 0. The number of halogens is 3. The van der Waals surface area contributed by atoms with Crippen molar-refractivity contribution in [1.29, 1.82) is 0 Å². The van der Waals surface area contributed by atoms with Crippen molar-refractivity contribution in [3.8, 4) is 0 Å². The zero-order valence-electron chi connectivity index (χ0n) is 15.5. The van der Waals surface area contributed by atoms with E-state index in [0.717, 1.165) is 5.56 Å². The second kappa shape index (κ2) is 8.26. The molecule has 3 rings (SSSR count). The second-order valence-electron chi connectivity index (χ2n) is 6.32. The van der Waals surface area contributed by atoms with E-state index in [-0.39, 0.29) is 12.0 Å². The molecule has 0 saturated carbocycles. The van der Waals surface area contributed by atoms with E-state index in [4.69, 9.17) is 2.51 Å². The number of aryl methyl sites for hydroxylation is 3. The fourth-order valence-electron chi connectivity index (χ4n) is 3.01. The summed E-state index contributed by atoms with van der Waals surface area (Å²) in [6, 6.07) is 15.0. The Kier molecular flexibility index (Phi) is 6.16. The molecule has 0 saturated heterocycles. The van der Waals surface area contributed by atoms with Crippen LogP contribution in [0.1, 0.15) is 16.7 Å². The summed E-state index contributed by atoms with van der Waals surface area (Å²) in [5.41, 5.74) is 2.00. The predicted octanol–water partition coefficient (Wildman–Crippen LogP) is 5.76. The maximum atomic E-state index is 14.5. The molecule has 0 aromatic heterocycles. The molecule has 28 heavy (non-hydrogen) atoms. The molecule has 0 aliphatic rings. The van der Waals surface area contributed by atoms with Crippen LogP contribution in [0.25, 0.3) is 0 Å². The summed E-state index contributed by atoms with van der Waals surface area (Å²) in [6.07, 6.45) is 0. The Labute approximate surface area is 171 Å². The number of benzene rings is 3. The van der Waals surface area contributed by atoms with Crippen LogP contribution < -0.4 is 0 Å². The molecule has 0 fully saturated rings. The summed E-state index contributed by atoms with van der Waals surface area (Å²) in [6.45, 7) is 5.23. The molecule has 7 heteroatoms. The van der Waals surface area contributed by atoms with E-state index in [0.29, 0.717) is 11.1 Å². The molecule has 0 aliphatic carbocycles. The van der Waals surface area contributed by atoms with E-state index in [1.54, 1.807) is 38.1 Å². The molecule has 0 amide bonds. The van der Waals surface area contributed by atoms with E-state index >= 15 is 0 Å². The van der Waals surface area contributed by atoms with Gasteiger partial charge in [-0.3, -0.25) is 0 Å². The van der Waals surface area contributed by atoms with Crippen molar-refractivity contribution in [2.45, 2.75) is 25.7 Å². The minimum atomic E-state index is -4.23. The van der Waals surface area contributed by atoms with Crippen molar-refractivity contribution in [1.82, 2.24) is 0 Å². The fraction of sp³-hybridized carbons (Fsp3) is 0.143. The molecule has 0 unspecified atom stereocenters. The van der Waals surface area contributed by atoms with Gasteiger partial charge in [-0.15, -0.1) is 0 Å². The van der Waals surface area contributed by atoms with Crippen LogP contribution in [0.2, 0.25) is 0 Å². The Bertz CT molecular complexity index is 1060. The van der Waals surface area contributed by atoms with Crippen LogP contribution >= 0.6 is 20.2 Å². The van der Waals surface area contributed by atoms with Crippen molar-refractivity contribution < 1.29 is 19.7 Å². The van der Waals surface area contributed by atoms with Gasteiger partial charge >= 0.3 is 172 Å². The molecule has 0 N–H and O–H groups in total. The van der Waals surface area contributed by atoms with Gasteiger partial charge < -0.3 is 0 Å². The Morgan fingerprint density at radius 3 is 1.64 bits per heavy atom. The zero-order valence-corrected chi connectivity index (χ0v) is 18.5. The fourth-order valence-corrected chi connectivity index (χ4v) is 10.4. The molecular weight excluding hydrogens is 497 g/mol. The average Bonchev–Trinajstić information content (AvgIpc) is 2.60. The third-order valence-electron chi connectivity index (χ3n) is 4.02. The van der Waals surface area contributed by atoms with Gasteiger partial charge in [-0.25, -0.2) is 0 Å². The van der Waals surface area contributed by atoms with Crippen LogP contribution in [-0.4, -0.2) is 8.42 Å². The molecule has 3 aromatic carbocycles. The van der Waals surface area contributed by atoms with Gasteiger partial charge in [0.2, 0.25) is 0 Å². The van der Waals surface area contributed by atoms with Crippen LogP contribution in [0.3, 0.4) is 0 Å². The molecule has 0 heterocycles. The van der Waals surface area contributed by atoms with Gasteiger partial charge in [0.1, 0.15) is 0 Å². The van der Waals surface area contributed by atoms with Gasteiger partial charge in [0.05, 0.1) is 0 Å². The van der Waals surface area contributed by atoms with E-state index < -0.39 is 42.0 Å². The number of rotatable bonds is 5. The van der Waals surface area contributed by atoms with E-state index in [2.05, 4.69) is 0 Å². The molecule has 148 valence electrons. The Morgan fingerprint density at radius 2 is 1.21 bits per heavy atom. The average molecular weight is 516 g/mol. The van der Waals surface area contributed by atoms with Crippen molar-refractivity contribution in [3.05, 3.63) is 96.1 Å². The van der Waals surface area contributed by atoms with E-state index in [9.17, 15) is 17.2 Å². The summed E-state index contributed by atoms with van der Waals surface area (Å²) >= 11 is -3.44. The summed E-state index contributed by atoms with van der Waals surface area (Å²) < 4.78 is 61.1. The van der Waals surface area contributed by atoms with Gasteiger partial charge in [-0.05, 0) is 0 Å². The van der Waals surface area contributed by atoms with Crippen LogP contribution in [-0.2, 0) is 12.6 Å². The first-order chi connectivity index (χ1) is 13.2. The van der Waals surface area contributed by atoms with Crippen molar-refractivity contribution in [2.24, 2.45) is 0 Å². The maximum absolute atomic E-state index is 14.5. The summed E-state index contributed by atoms with van der Waals surface area (Å²) in [5.74, 6) is -1.22. The van der Waals surface area contributed by atoms with E-state index in [1.165, 1.54) is 36.4 Å². The standard InChI is InChI=1S/C21H19F2IO3S/c1-14-12-15(2)21(16(3)13-14)28(25,26)27-24(19-10-6-4-8-17(19)22)20-11-7-5-9-18(20)23/h4-13H,1-3H3. The van der Waals surface area contributed by atoms with Gasteiger partial charge in [-0.2, -0.15) is 0 Å². The first kappa shape index (κ1) is 20.9. The molecule has 0 spiro atoms. The van der Waals surface area contributed by atoms with Crippen LogP contribution in [0.4, 0.5) is 8.78 Å². The van der Waals surface area contributed by atoms with Crippen LogP contribution in [0, 0.1) is 39.5 Å². The molecule has 3 aromatic rings. The van der Waals surface area contributed by atoms with Crippen LogP contribution in [0.15, 0.2) is 65.6 Å². The molecule has 0 bridgehead atoms. The zero-order chi connectivity index (χ0) is 20.5. The van der Waals surface area contributed by atoms with Gasteiger partial charge in [0, 0.05) is 0 Å². The Morgan fingerprint density at radius 1 is 0.786 bits per heavy atom. The third kappa shape index (κ3) is 4.26. The normalized spacial score (nSPS) is 12.1. The van der Waals surface area contributed by atoms with E-state index in [1.807, 2.05) is 6.92 Å². The predicted molar refractivity (Wildman–Crippen MR) is 113 cm³/mol. The summed E-state index contributed by atoms with van der Waals surface area (Å²) in [5, 5.41) is 0. The monoisotopic (exact) mass is 516 g/mol.